The number of carbonyl (C=O) groups is 1. The molecule has 0 radical (unpaired) electrons. The first-order chi connectivity index (χ1) is 15.1. The van der Waals surface area contributed by atoms with Crippen LogP contribution in [0.2, 0.25) is 0 Å². The van der Waals surface area contributed by atoms with E-state index < -0.39 is 5.41 Å². The molecule has 2 aromatic rings. The molecule has 1 fully saturated rings. The fourth-order valence-electron chi connectivity index (χ4n) is 4.19. The van der Waals surface area contributed by atoms with Gasteiger partial charge < -0.3 is 19.6 Å². The van der Waals surface area contributed by atoms with Gasteiger partial charge in [-0.1, -0.05) is 29.4 Å². The van der Waals surface area contributed by atoms with Crippen LogP contribution in [0, 0.1) is 11.2 Å². The van der Waals surface area contributed by atoms with Crippen LogP contribution in [0.3, 0.4) is 0 Å². The van der Waals surface area contributed by atoms with Crippen LogP contribution in [0.15, 0.2) is 53.7 Å². The minimum absolute atomic E-state index is 0.0189. The molecule has 1 N–H and O–H groups in total. The van der Waals surface area contributed by atoms with Crippen molar-refractivity contribution >= 4 is 11.6 Å². The van der Waals surface area contributed by atoms with Crippen LogP contribution >= 0.6 is 0 Å². The molecule has 6 nitrogen and oxygen atoms in total. The summed E-state index contributed by atoms with van der Waals surface area (Å²) in [6, 6.07) is 13.9. The average Bonchev–Trinajstić information content (AvgIpc) is 3.27. The van der Waals surface area contributed by atoms with E-state index in [0.29, 0.717) is 45.4 Å². The van der Waals surface area contributed by atoms with Gasteiger partial charge >= 0.3 is 0 Å². The van der Waals surface area contributed by atoms with Crippen molar-refractivity contribution in [2.75, 3.05) is 20.3 Å². The molecule has 0 spiro atoms. The van der Waals surface area contributed by atoms with Gasteiger partial charge in [0.25, 0.3) is 0 Å². The Morgan fingerprint density at radius 1 is 1.16 bits per heavy atom. The van der Waals surface area contributed by atoms with E-state index in [-0.39, 0.29) is 17.8 Å². The van der Waals surface area contributed by atoms with Gasteiger partial charge in [0.2, 0.25) is 5.91 Å². The lowest BCUT2D eigenvalue weighted by molar-refractivity contribution is -0.140. The number of ether oxygens (including phenoxy) is 2. The van der Waals surface area contributed by atoms with Crippen molar-refractivity contribution in [3.05, 3.63) is 65.5 Å². The molecule has 164 valence electrons. The maximum atomic E-state index is 13.3. The average molecular weight is 426 g/mol. The van der Waals surface area contributed by atoms with Crippen molar-refractivity contribution in [3.8, 4) is 5.75 Å². The summed E-state index contributed by atoms with van der Waals surface area (Å²) in [5.74, 6) is 0.520. The summed E-state index contributed by atoms with van der Waals surface area (Å²) in [4.78, 5) is 18.9. The summed E-state index contributed by atoms with van der Waals surface area (Å²) in [5.41, 5.74) is 2.08. The Morgan fingerprint density at radius 2 is 1.87 bits per heavy atom. The highest BCUT2D eigenvalue weighted by atomic mass is 19.1. The molecule has 1 amide bonds. The predicted molar refractivity (Wildman–Crippen MR) is 114 cm³/mol. The maximum Gasteiger partial charge on any atom is 0.226 e. The quantitative estimate of drug-likeness (QED) is 0.731. The van der Waals surface area contributed by atoms with Gasteiger partial charge in [0.05, 0.1) is 18.2 Å². The van der Waals surface area contributed by atoms with Crippen LogP contribution in [-0.2, 0) is 20.9 Å². The van der Waals surface area contributed by atoms with Crippen LogP contribution in [0.1, 0.15) is 36.8 Å². The zero-order valence-corrected chi connectivity index (χ0v) is 17.6. The second kappa shape index (κ2) is 9.47. The van der Waals surface area contributed by atoms with Gasteiger partial charge in [0, 0.05) is 32.6 Å². The number of oxime groups is 1. The Labute approximate surface area is 181 Å². The van der Waals surface area contributed by atoms with Gasteiger partial charge in [0.1, 0.15) is 17.7 Å². The van der Waals surface area contributed by atoms with Gasteiger partial charge in [0.15, 0.2) is 0 Å². The first-order valence-corrected chi connectivity index (χ1v) is 10.6. The third kappa shape index (κ3) is 5.05. The Morgan fingerprint density at radius 3 is 2.55 bits per heavy atom. The number of nitrogens with one attached hydrogen (secondary N) is 1. The van der Waals surface area contributed by atoms with Gasteiger partial charge in [-0.25, -0.2) is 4.39 Å². The molecule has 2 aliphatic rings. The molecule has 0 aliphatic carbocycles. The molecule has 0 saturated carbocycles. The molecule has 2 heterocycles. The summed E-state index contributed by atoms with van der Waals surface area (Å²) in [6.45, 7) is 1.55. The third-order valence-electron chi connectivity index (χ3n) is 6.07. The Kier molecular flexibility index (Phi) is 6.51. The molecule has 1 atom stereocenters. The molecule has 0 bridgehead atoms. The second-order valence-corrected chi connectivity index (χ2v) is 8.10. The van der Waals surface area contributed by atoms with E-state index in [2.05, 4.69) is 10.5 Å². The summed E-state index contributed by atoms with van der Waals surface area (Å²) in [6.07, 6.45) is 2.27. The van der Waals surface area contributed by atoms with E-state index in [1.165, 1.54) is 12.1 Å². The highest BCUT2D eigenvalue weighted by molar-refractivity contribution is 6.01. The lowest BCUT2D eigenvalue weighted by Gasteiger charge is -2.37. The van der Waals surface area contributed by atoms with Crippen molar-refractivity contribution < 1.29 is 23.5 Å². The van der Waals surface area contributed by atoms with Gasteiger partial charge in [-0.05, 0) is 48.2 Å². The number of nitrogens with zero attached hydrogens (tertiary/aromatic N) is 1. The number of rotatable bonds is 7. The van der Waals surface area contributed by atoms with Gasteiger partial charge in [-0.2, -0.15) is 0 Å². The highest BCUT2D eigenvalue weighted by Gasteiger charge is 2.43. The molecule has 31 heavy (non-hydrogen) atoms. The molecule has 0 aromatic heterocycles. The normalized spacial score (nSPS) is 19.9. The molecular weight excluding hydrogens is 399 g/mol. The van der Waals surface area contributed by atoms with Crippen LogP contribution in [0.5, 0.6) is 5.75 Å². The molecule has 7 heteroatoms. The summed E-state index contributed by atoms with van der Waals surface area (Å²) in [5, 5.41) is 7.30. The third-order valence-corrected chi connectivity index (χ3v) is 6.07. The van der Waals surface area contributed by atoms with E-state index in [4.69, 9.17) is 14.3 Å². The number of carbonyl (C=O) groups excluding carboxylic acids is 1. The van der Waals surface area contributed by atoms with Crippen LogP contribution in [0.25, 0.3) is 0 Å². The van der Waals surface area contributed by atoms with E-state index in [0.717, 1.165) is 22.6 Å². The van der Waals surface area contributed by atoms with Crippen molar-refractivity contribution in [1.29, 1.82) is 0 Å². The number of hydrogen-bond acceptors (Lipinski definition) is 5. The number of halogens is 1. The van der Waals surface area contributed by atoms with E-state index in [9.17, 15) is 9.18 Å². The van der Waals surface area contributed by atoms with Crippen molar-refractivity contribution in [2.24, 2.45) is 10.6 Å². The highest BCUT2D eigenvalue weighted by Crippen LogP contribution is 2.38. The van der Waals surface area contributed by atoms with Crippen molar-refractivity contribution in [2.45, 2.75) is 38.3 Å². The second-order valence-electron chi connectivity index (χ2n) is 8.10. The Balaban J connectivity index is 1.39. The molecular formula is C24H27FN2O4. The van der Waals surface area contributed by atoms with E-state index >= 15 is 0 Å². The number of hydrogen-bond donors (Lipinski definition) is 1. The zero-order valence-electron chi connectivity index (χ0n) is 17.6. The number of amides is 1. The van der Waals surface area contributed by atoms with Crippen LogP contribution in [0.4, 0.5) is 4.39 Å². The Bertz CT molecular complexity index is 922. The standard InChI is InChI=1S/C24H27FN2O4/c1-29-20-8-2-17(3-9-20)16-26-23(28)24(10-12-30-13-11-24)15-21-14-22(27-31-21)18-4-6-19(25)7-5-18/h2-9,21H,10-16H2,1H3,(H,26,28). The van der Waals surface area contributed by atoms with E-state index in [1.807, 2.05) is 24.3 Å². The van der Waals surface area contributed by atoms with Gasteiger partial charge in [-0.15, -0.1) is 0 Å². The molecule has 2 aliphatic heterocycles. The lowest BCUT2D eigenvalue weighted by Crippen LogP contribution is -2.46. The zero-order chi connectivity index (χ0) is 21.7. The lowest BCUT2D eigenvalue weighted by atomic mass is 9.74. The largest absolute Gasteiger partial charge is 0.497 e. The number of methoxy groups -OCH3 is 1. The fraction of sp³-hybridized carbons (Fsp3) is 0.417. The summed E-state index contributed by atoms with van der Waals surface area (Å²) >= 11 is 0. The minimum atomic E-state index is -0.552. The van der Waals surface area contributed by atoms with Gasteiger partial charge in [-0.3, -0.25) is 4.79 Å². The first kappa shape index (κ1) is 21.3. The van der Waals surface area contributed by atoms with E-state index in [1.54, 1.807) is 19.2 Å². The molecule has 1 saturated heterocycles. The molecule has 2 aromatic carbocycles. The monoisotopic (exact) mass is 426 g/mol. The maximum absolute atomic E-state index is 13.3. The molecule has 4 rings (SSSR count). The number of benzene rings is 2. The van der Waals surface area contributed by atoms with Crippen molar-refractivity contribution in [1.82, 2.24) is 5.32 Å². The van der Waals surface area contributed by atoms with Crippen LogP contribution in [-0.4, -0.2) is 38.0 Å². The minimum Gasteiger partial charge on any atom is -0.497 e. The fourth-order valence-corrected chi connectivity index (χ4v) is 4.19. The summed E-state index contributed by atoms with van der Waals surface area (Å²) < 4.78 is 23.9. The van der Waals surface area contributed by atoms with Crippen LogP contribution < -0.4 is 10.1 Å². The van der Waals surface area contributed by atoms with Crippen molar-refractivity contribution in [3.63, 3.8) is 0 Å². The molecule has 1 unspecified atom stereocenters. The summed E-state index contributed by atoms with van der Waals surface area (Å²) in [7, 11) is 1.63. The topological polar surface area (TPSA) is 69.2 Å². The predicted octanol–water partition coefficient (Wildman–Crippen LogP) is 3.83. The smallest absolute Gasteiger partial charge is 0.226 e. The Hall–Kier alpha value is -2.93. The first-order valence-electron chi connectivity index (χ1n) is 10.6. The SMILES string of the molecule is COc1ccc(CNC(=O)C2(CC3CC(c4ccc(F)cc4)=NO3)CCOCC2)cc1.